The van der Waals surface area contributed by atoms with Crippen molar-refractivity contribution in [3.05, 3.63) is 62.5 Å². The molecule has 1 heterocycles. The minimum atomic E-state index is -0.491. The first-order valence-corrected chi connectivity index (χ1v) is 5.49. The van der Waals surface area contributed by atoms with Gasteiger partial charge in [0.15, 0.2) is 5.15 Å². The van der Waals surface area contributed by atoms with Crippen molar-refractivity contribution in [3.63, 3.8) is 0 Å². The van der Waals surface area contributed by atoms with E-state index in [1.54, 1.807) is 18.2 Å². The Morgan fingerprint density at radius 3 is 2.71 bits per heavy atom. The minimum absolute atomic E-state index is 0.0542. The lowest BCUT2D eigenvalue weighted by Gasteiger charge is -2.06. The predicted octanol–water partition coefficient (Wildman–Crippen LogP) is 2.74. The summed E-state index contributed by atoms with van der Waals surface area (Å²) in [5.74, 6) is -0.384. The highest BCUT2D eigenvalue weighted by Gasteiger charge is 2.09. The van der Waals surface area contributed by atoms with Gasteiger partial charge in [0.2, 0.25) is 0 Å². The second kappa shape index (κ2) is 4.85. The van der Waals surface area contributed by atoms with Gasteiger partial charge in [-0.3, -0.25) is 9.36 Å². The molecule has 0 radical (unpaired) electrons. The zero-order valence-electron chi connectivity index (χ0n) is 8.53. The Morgan fingerprint density at radius 2 is 2.00 bits per heavy atom. The van der Waals surface area contributed by atoms with E-state index in [2.05, 4.69) is 4.98 Å². The maximum atomic E-state index is 13.4. The molecule has 0 aliphatic carbocycles. The third-order valence-corrected chi connectivity index (χ3v) is 2.96. The van der Waals surface area contributed by atoms with E-state index in [0.717, 1.165) is 0 Å². The second-order valence-corrected chi connectivity index (χ2v) is 4.11. The van der Waals surface area contributed by atoms with Gasteiger partial charge in [-0.15, -0.1) is 0 Å². The molecular formula is C11H7Cl2FN2O. The van der Waals surface area contributed by atoms with Crippen LogP contribution in [0.3, 0.4) is 0 Å². The van der Waals surface area contributed by atoms with Gasteiger partial charge in [0.1, 0.15) is 10.8 Å². The van der Waals surface area contributed by atoms with Gasteiger partial charge in [-0.25, -0.2) is 9.37 Å². The number of benzene rings is 1. The van der Waals surface area contributed by atoms with E-state index in [9.17, 15) is 9.18 Å². The monoisotopic (exact) mass is 272 g/mol. The third-order valence-electron chi connectivity index (χ3n) is 2.24. The molecule has 17 heavy (non-hydrogen) atoms. The van der Waals surface area contributed by atoms with Gasteiger partial charge >= 0.3 is 0 Å². The molecule has 0 atom stereocenters. The summed E-state index contributed by atoms with van der Waals surface area (Å²) in [4.78, 5) is 15.4. The lowest BCUT2D eigenvalue weighted by molar-refractivity contribution is 0.594. The summed E-state index contributed by atoms with van der Waals surface area (Å²) in [7, 11) is 0. The number of hydrogen-bond donors (Lipinski definition) is 0. The van der Waals surface area contributed by atoms with E-state index in [1.807, 2.05) is 0 Å². The Morgan fingerprint density at radius 1 is 1.29 bits per heavy atom. The van der Waals surface area contributed by atoms with Gasteiger partial charge in [0.05, 0.1) is 12.9 Å². The predicted molar refractivity (Wildman–Crippen MR) is 64.0 cm³/mol. The molecule has 1 aromatic carbocycles. The Kier molecular flexibility index (Phi) is 3.45. The minimum Gasteiger partial charge on any atom is -0.293 e. The van der Waals surface area contributed by atoms with Gasteiger partial charge in [-0.1, -0.05) is 41.4 Å². The Bertz CT molecular complexity index is 613. The van der Waals surface area contributed by atoms with Crippen LogP contribution in [0.1, 0.15) is 5.56 Å². The summed E-state index contributed by atoms with van der Waals surface area (Å²) in [5.41, 5.74) is -0.107. The Hall–Kier alpha value is -1.39. The van der Waals surface area contributed by atoms with Crippen LogP contribution in [0.15, 0.2) is 35.4 Å². The molecule has 3 nitrogen and oxygen atoms in total. The van der Waals surface area contributed by atoms with E-state index in [1.165, 1.54) is 17.0 Å². The zero-order chi connectivity index (χ0) is 12.4. The second-order valence-electron chi connectivity index (χ2n) is 3.37. The number of halogens is 3. The first kappa shape index (κ1) is 12.1. The zero-order valence-corrected chi connectivity index (χ0v) is 10.0. The van der Waals surface area contributed by atoms with E-state index in [0.29, 0.717) is 5.56 Å². The summed E-state index contributed by atoms with van der Waals surface area (Å²) in [6.45, 7) is 0.0649. The van der Waals surface area contributed by atoms with E-state index < -0.39 is 5.56 Å². The molecule has 0 unspecified atom stereocenters. The van der Waals surface area contributed by atoms with Crippen molar-refractivity contribution >= 4 is 23.2 Å². The Labute approximate surface area is 106 Å². The lowest BCUT2D eigenvalue weighted by atomic mass is 10.2. The van der Waals surface area contributed by atoms with Gasteiger partial charge in [-0.05, 0) is 6.07 Å². The highest BCUT2D eigenvalue weighted by Crippen LogP contribution is 2.14. The van der Waals surface area contributed by atoms with Crippen LogP contribution in [-0.2, 0) is 6.54 Å². The van der Waals surface area contributed by atoms with Crippen molar-refractivity contribution in [2.45, 2.75) is 6.54 Å². The van der Waals surface area contributed by atoms with Crippen LogP contribution in [0.25, 0.3) is 0 Å². The first-order chi connectivity index (χ1) is 8.09. The Balaban J connectivity index is 2.41. The van der Waals surface area contributed by atoms with Gasteiger partial charge in [0, 0.05) is 5.56 Å². The third kappa shape index (κ3) is 2.48. The molecule has 2 aromatic rings. The number of hydrogen-bond acceptors (Lipinski definition) is 2. The molecular weight excluding hydrogens is 266 g/mol. The topological polar surface area (TPSA) is 34.9 Å². The maximum Gasteiger partial charge on any atom is 0.273 e. The normalized spacial score (nSPS) is 10.5. The summed E-state index contributed by atoms with van der Waals surface area (Å²) in [5, 5.41) is -0.216. The van der Waals surface area contributed by atoms with Crippen molar-refractivity contribution in [1.29, 1.82) is 0 Å². The fourth-order valence-electron chi connectivity index (χ4n) is 1.37. The number of nitrogens with zero attached hydrogens (tertiary/aromatic N) is 2. The van der Waals surface area contributed by atoms with Crippen LogP contribution in [0.5, 0.6) is 0 Å². The average molecular weight is 273 g/mol. The van der Waals surface area contributed by atoms with Crippen LogP contribution < -0.4 is 5.56 Å². The first-order valence-electron chi connectivity index (χ1n) is 4.73. The molecule has 6 heteroatoms. The molecule has 0 aliphatic rings. The molecule has 0 spiro atoms. The molecule has 0 N–H and O–H groups in total. The molecule has 88 valence electrons. The van der Waals surface area contributed by atoms with Gasteiger partial charge in [0.25, 0.3) is 5.56 Å². The van der Waals surface area contributed by atoms with Crippen molar-refractivity contribution < 1.29 is 4.39 Å². The van der Waals surface area contributed by atoms with Crippen LogP contribution in [-0.4, -0.2) is 9.55 Å². The molecule has 0 bridgehead atoms. The molecule has 0 saturated heterocycles. The summed E-state index contributed by atoms with van der Waals surface area (Å²) in [6, 6.07) is 6.18. The quantitative estimate of drug-likeness (QED) is 0.788. The van der Waals surface area contributed by atoms with Gasteiger partial charge in [-0.2, -0.15) is 0 Å². The van der Waals surface area contributed by atoms with E-state index >= 15 is 0 Å². The fourth-order valence-corrected chi connectivity index (χ4v) is 1.65. The van der Waals surface area contributed by atoms with Crippen molar-refractivity contribution in [3.8, 4) is 0 Å². The summed E-state index contributed by atoms with van der Waals surface area (Å²) < 4.78 is 14.6. The van der Waals surface area contributed by atoms with Gasteiger partial charge < -0.3 is 0 Å². The molecule has 2 rings (SSSR count). The number of rotatable bonds is 2. The van der Waals surface area contributed by atoms with Crippen LogP contribution in [0.2, 0.25) is 10.2 Å². The summed E-state index contributed by atoms with van der Waals surface area (Å²) >= 11 is 11.3. The molecule has 0 fully saturated rings. The highest BCUT2D eigenvalue weighted by atomic mass is 35.5. The molecule has 0 amide bonds. The standard InChI is InChI=1S/C11H7Cl2FN2O/c12-9-10(13)15-6-16(11(9)17)5-7-3-1-2-4-8(7)14/h1-4,6H,5H2. The van der Waals surface area contributed by atoms with Crippen molar-refractivity contribution in [1.82, 2.24) is 9.55 Å². The smallest absolute Gasteiger partial charge is 0.273 e. The lowest BCUT2D eigenvalue weighted by Crippen LogP contribution is -2.22. The largest absolute Gasteiger partial charge is 0.293 e. The van der Waals surface area contributed by atoms with Crippen LogP contribution in [0.4, 0.5) is 4.39 Å². The fraction of sp³-hybridized carbons (Fsp3) is 0.0909. The summed E-state index contributed by atoms with van der Waals surface area (Å²) in [6.07, 6.45) is 1.24. The van der Waals surface area contributed by atoms with E-state index in [4.69, 9.17) is 23.2 Å². The molecule has 0 saturated carbocycles. The van der Waals surface area contributed by atoms with Crippen LogP contribution >= 0.6 is 23.2 Å². The molecule has 0 aliphatic heterocycles. The maximum absolute atomic E-state index is 13.4. The SMILES string of the molecule is O=c1c(Cl)c(Cl)ncn1Cc1ccccc1F. The molecule has 1 aromatic heterocycles. The number of aromatic nitrogens is 2. The van der Waals surface area contributed by atoms with Crippen LogP contribution in [0, 0.1) is 5.82 Å². The average Bonchev–Trinajstić information content (AvgIpc) is 2.32. The highest BCUT2D eigenvalue weighted by molar-refractivity contribution is 6.40. The van der Waals surface area contributed by atoms with E-state index in [-0.39, 0.29) is 22.5 Å². The van der Waals surface area contributed by atoms with Crippen molar-refractivity contribution in [2.24, 2.45) is 0 Å². The van der Waals surface area contributed by atoms with Crippen molar-refractivity contribution in [2.75, 3.05) is 0 Å².